The van der Waals surface area contributed by atoms with Crippen molar-refractivity contribution in [3.8, 4) is 11.3 Å². The van der Waals surface area contributed by atoms with Crippen molar-refractivity contribution in [1.82, 2.24) is 15.3 Å². The zero-order chi connectivity index (χ0) is 14.2. The molecule has 104 valence electrons. The molecule has 4 heteroatoms. The average Bonchev–Trinajstić information content (AvgIpc) is 3.15. The van der Waals surface area contributed by atoms with Crippen LogP contribution in [0.1, 0.15) is 18.2 Å². The third-order valence-corrected chi connectivity index (χ3v) is 4.02. The van der Waals surface area contributed by atoms with Crippen LogP contribution >= 0.6 is 0 Å². The Bertz CT molecular complexity index is 822. The molecule has 1 atom stereocenters. The number of fused-ring (bicyclic) bond motifs is 1. The van der Waals surface area contributed by atoms with E-state index in [-0.39, 0.29) is 11.8 Å². The SMILES string of the molecule is O=C1C[C@H](c2ncc(-c3ccc4ccccc4c3)[nH]2)CN1. The Hall–Kier alpha value is -2.62. The van der Waals surface area contributed by atoms with E-state index in [1.54, 1.807) is 0 Å². The lowest BCUT2D eigenvalue weighted by Gasteiger charge is -2.03. The van der Waals surface area contributed by atoms with Crippen LogP contribution in [0.5, 0.6) is 0 Å². The number of hydrogen-bond acceptors (Lipinski definition) is 2. The molecule has 2 N–H and O–H groups in total. The Morgan fingerprint density at radius 1 is 1.10 bits per heavy atom. The molecule has 1 aliphatic heterocycles. The largest absolute Gasteiger partial charge is 0.355 e. The van der Waals surface area contributed by atoms with E-state index in [0.717, 1.165) is 17.1 Å². The van der Waals surface area contributed by atoms with Crippen molar-refractivity contribution in [3.63, 3.8) is 0 Å². The summed E-state index contributed by atoms with van der Waals surface area (Å²) < 4.78 is 0. The topological polar surface area (TPSA) is 57.8 Å². The van der Waals surface area contributed by atoms with Crippen LogP contribution in [0.2, 0.25) is 0 Å². The molecule has 1 aromatic heterocycles. The van der Waals surface area contributed by atoms with Gasteiger partial charge in [0.25, 0.3) is 0 Å². The number of amides is 1. The van der Waals surface area contributed by atoms with Crippen molar-refractivity contribution in [1.29, 1.82) is 0 Å². The Morgan fingerprint density at radius 2 is 1.95 bits per heavy atom. The normalized spacial score (nSPS) is 18.1. The van der Waals surface area contributed by atoms with Crippen LogP contribution in [-0.4, -0.2) is 22.4 Å². The number of carbonyl (C=O) groups excluding carboxylic acids is 1. The van der Waals surface area contributed by atoms with Crippen LogP contribution in [0.15, 0.2) is 48.7 Å². The molecule has 4 nitrogen and oxygen atoms in total. The Balaban J connectivity index is 1.69. The van der Waals surface area contributed by atoms with E-state index in [0.29, 0.717) is 13.0 Å². The lowest BCUT2D eigenvalue weighted by molar-refractivity contribution is -0.119. The summed E-state index contributed by atoms with van der Waals surface area (Å²) in [7, 11) is 0. The summed E-state index contributed by atoms with van der Waals surface area (Å²) in [5, 5.41) is 5.28. The maximum atomic E-state index is 11.3. The molecule has 2 aromatic carbocycles. The Labute approximate surface area is 122 Å². The first-order valence-electron chi connectivity index (χ1n) is 7.10. The summed E-state index contributed by atoms with van der Waals surface area (Å²) >= 11 is 0. The molecule has 0 bridgehead atoms. The van der Waals surface area contributed by atoms with E-state index in [4.69, 9.17) is 0 Å². The molecular formula is C17H15N3O. The van der Waals surface area contributed by atoms with Crippen LogP contribution in [0.3, 0.4) is 0 Å². The number of rotatable bonds is 2. The van der Waals surface area contributed by atoms with Crippen molar-refractivity contribution < 1.29 is 4.79 Å². The van der Waals surface area contributed by atoms with E-state index < -0.39 is 0 Å². The van der Waals surface area contributed by atoms with Crippen LogP contribution in [0.4, 0.5) is 0 Å². The first kappa shape index (κ1) is 12.1. The zero-order valence-electron chi connectivity index (χ0n) is 11.5. The highest BCUT2D eigenvalue weighted by atomic mass is 16.1. The second-order valence-electron chi connectivity index (χ2n) is 5.45. The summed E-state index contributed by atoms with van der Waals surface area (Å²) in [5.74, 6) is 1.15. The third-order valence-electron chi connectivity index (χ3n) is 4.02. The first-order chi connectivity index (χ1) is 10.3. The molecule has 1 saturated heterocycles. The van der Waals surface area contributed by atoms with Gasteiger partial charge < -0.3 is 10.3 Å². The maximum Gasteiger partial charge on any atom is 0.220 e. The van der Waals surface area contributed by atoms with Crippen molar-refractivity contribution in [3.05, 3.63) is 54.5 Å². The molecule has 1 amide bonds. The molecule has 0 radical (unpaired) electrons. The van der Waals surface area contributed by atoms with Gasteiger partial charge in [-0.05, 0) is 16.8 Å². The van der Waals surface area contributed by atoms with Crippen LogP contribution in [-0.2, 0) is 4.79 Å². The Kier molecular flexibility index (Phi) is 2.74. The highest BCUT2D eigenvalue weighted by Gasteiger charge is 2.25. The van der Waals surface area contributed by atoms with Gasteiger partial charge in [0.2, 0.25) is 5.91 Å². The van der Waals surface area contributed by atoms with E-state index in [1.807, 2.05) is 18.3 Å². The lowest BCUT2D eigenvalue weighted by atomic mass is 10.1. The number of hydrogen-bond donors (Lipinski definition) is 2. The molecule has 21 heavy (non-hydrogen) atoms. The average molecular weight is 277 g/mol. The fraction of sp³-hybridized carbons (Fsp3) is 0.176. The summed E-state index contributed by atoms with van der Waals surface area (Å²) in [6.45, 7) is 0.670. The Morgan fingerprint density at radius 3 is 2.76 bits per heavy atom. The smallest absolute Gasteiger partial charge is 0.220 e. The molecular weight excluding hydrogens is 262 g/mol. The second-order valence-corrected chi connectivity index (χ2v) is 5.45. The minimum Gasteiger partial charge on any atom is -0.355 e. The van der Waals surface area contributed by atoms with Gasteiger partial charge in [-0.3, -0.25) is 4.79 Å². The van der Waals surface area contributed by atoms with Gasteiger partial charge in [-0.1, -0.05) is 36.4 Å². The highest BCUT2D eigenvalue weighted by molar-refractivity contribution is 5.86. The predicted molar refractivity (Wildman–Crippen MR) is 81.9 cm³/mol. The monoisotopic (exact) mass is 277 g/mol. The molecule has 0 aliphatic carbocycles. The second kappa shape index (κ2) is 4.74. The van der Waals surface area contributed by atoms with Gasteiger partial charge >= 0.3 is 0 Å². The number of nitrogens with zero attached hydrogens (tertiary/aromatic N) is 1. The summed E-state index contributed by atoms with van der Waals surface area (Å²) in [6, 6.07) is 14.7. The van der Waals surface area contributed by atoms with Crippen LogP contribution in [0.25, 0.3) is 22.0 Å². The summed E-state index contributed by atoms with van der Waals surface area (Å²) in [5.41, 5.74) is 2.11. The molecule has 0 saturated carbocycles. The third kappa shape index (κ3) is 2.18. The van der Waals surface area contributed by atoms with Gasteiger partial charge in [0.15, 0.2) is 0 Å². The van der Waals surface area contributed by atoms with E-state index >= 15 is 0 Å². The van der Waals surface area contributed by atoms with Gasteiger partial charge in [-0.2, -0.15) is 0 Å². The zero-order valence-corrected chi connectivity index (χ0v) is 11.5. The molecule has 3 aromatic rings. The van der Waals surface area contributed by atoms with Crippen LogP contribution in [0, 0.1) is 0 Å². The number of benzene rings is 2. The minimum absolute atomic E-state index is 0.101. The van der Waals surface area contributed by atoms with Gasteiger partial charge in [-0.25, -0.2) is 4.98 Å². The van der Waals surface area contributed by atoms with Crippen molar-refractivity contribution in [2.75, 3.05) is 6.54 Å². The number of aromatic amines is 1. The quantitative estimate of drug-likeness (QED) is 0.756. The molecule has 1 fully saturated rings. The van der Waals surface area contributed by atoms with E-state index in [2.05, 4.69) is 45.6 Å². The number of nitrogens with one attached hydrogen (secondary N) is 2. The number of imidazole rings is 1. The predicted octanol–water partition coefficient (Wildman–Crippen LogP) is 2.83. The standard InChI is InChI=1S/C17H15N3O/c21-16-8-14(9-18-16)17-19-10-15(20-17)13-6-5-11-3-1-2-4-12(11)7-13/h1-7,10,14H,8-9H2,(H,18,21)(H,19,20)/t14-/m0/s1. The van der Waals surface area contributed by atoms with E-state index in [1.165, 1.54) is 10.8 Å². The van der Waals surface area contributed by atoms with Gasteiger partial charge in [-0.15, -0.1) is 0 Å². The number of H-pyrrole nitrogens is 1. The molecule has 4 rings (SSSR count). The molecule has 1 aliphatic rings. The highest BCUT2D eigenvalue weighted by Crippen LogP contribution is 2.26. The molecule has 2 heterocycles. The molecule has 0 spiro atoms. The first-order valence-corrected chi connectivity index (χ1v) is 7.10. The number of aromatic nitrogens is 2. The lowest BCUT2D eigenvalue weighted by Crippen LogP contribution is -2.13. The van der Waals surface area contributed by atoms with Crippen molar-refractivity contribution in [2.45, 2.75) is 12.3 Å². The van der Waals surface area contributed by atoms with Gasteiger partial charge in [0, 0.05) is 24.4 Å². The van der Waals surface area contributed by atoms with Crippen molar-refractivity contribution in [2.24, 2.45) is 0 Å². The van der Waals surface area contributed by atoms with Crippen molar-refractivity contribution >= 4 is 16.7 Å². The van der Waals surface area contributed by atoms with Gasteiger partial charge in [0.05, 0.1) is 11.9 Å². The number of carbonyl (C=O) groups is 1. The summed E-state index contributed by atoms with van der Waals surface area (Å²) in [4.78, 5) is 19.1. The molecule has 0 unspecified atom stereocenters. The maximum absolute atomic E-state index is 11.3. The van der Waals surface area contributed by atoms with Gasteiger partial charge in [0.1, 0.15) is 5.82 Å². The fourth-order valence-corrected chi connectivity index (χ4v) is 2.85. The minimum atomic E-state index is 0.101. The van der Waals surface area contributed by atoms with Crippen LogP contribution < -0.4 is 5.32 Å². The summed E-state index contributed by atoms with van der Waals surface area (Å²) in [6.07, 6.45) is 2.37. The van der Waals surface area contributed by atoms with E-state index in [9.17, 15) is 4.79 Å². The fourth-order valence-electron chi connectivity index (χ4n) is 2.85.